The van der Waals surface area contributed by atoms with Crippen molar-refractivity contribution in [2.24, 2.45) is 14.1 Å². The van der Waals surface area contributed by atoms with Gasteiger partial charge >= 0.3 is 23.5 Å². The first-order chi connectivity index (χ1) is 10.8. The summed E-state index contributed by atoms with van der Waals surface area (Å²) in [6, 6.07) is 1.45. The lowest BCUT2D eigenvalue weighted by Gasteiger charge is -2.01. The number of carbonyl (C=O) groups is 2. The molecule has 0 bridgehead atoms. The van der Waals surface area contributed by atoms with Crippen LogP contribution in [0.5, 0.6) is 0 Å². The monoisotopic (exact) mass is 321 g/mol. The van der Waals surface area contributed by atoms with Crippen molar-refractivity contribution in [1.29, 1.82) is 0 Å². The molecule has 1 amide bonds. The van der Waals surface area contributed by atoms with Gasteiger partial charge in [-0.15, -0.1) is 0 Å². The summed E-state index contributed by atoms with van der Waals surface area (Å²) in [6.07, 6.45) is 2.67. The van der Waals surface area contributed by atoms with Crippen LogP contribution in [0.2, 0.25) is 0 Å². The molecule has 0 aliphatic carbocycles. The van der Waals surface area contributed by atoms with Crippen LogP contribution < -0.4 is 5.32 Å². The number of aryl methyl sites for hydroxylation is 2. The molecule has 1 N–H and O–H groups in total. The lowest BCUT2D eigenvalue weighted by molar-refractivity contribution is -0.389. The number of aromatic nitrogens is 3. The fourth-order valence-corrected chi connectivity index (χ4v) is 1.98. The topological polar surface area (TPSA) is 121 Å². The second kappa shape index (κ2) is 6.30. The maximum Gasteiger partial charge on any atom is 0.382 e. The van der Waals surface area contributed by atoms with E-state index in [1.165, 1.54) is 28.4 Å². The van der Waals surface area contributed by atoms with Gasteiger partial charge in [0.1, 0.15) is 11.9 Å². The predicted molar refractivity (Wildman–Crippen MR) is 79.2 cm³/mol. The highest BCUT2D eigenvalue weighted by molar-refractivity contribution is 6.02. The van der Waals surface area contributed by atoms with Crippen LogP contribution in [-0.2, 0) is 18.8 Å². The third-order valence-electron chi connectivity index (χ3n) is 3.00. The average Bonchev–Trinajstić information content (AvgIpc) is 3.02. The lowest BCUT2D eigenvalue weighted by atomic mass is 10.4. The van der Waals surface area contributed by atoms with Crippen LogP contribution in [0.25, 0.3) is 0 Å². The minimum atomic E-state index is -0.682. The SMILES string of the molecule is CCOC(=O)c1cc(NC(=O)c2nc([N+](=O)[O-])cn2C)cn1C. The summed E-state index contributed by atoms with van der Waals surface area (Å²) in [5, 5.41) is 13.2. The molecule has 0 fully saturated rings. The normalized spacial score (nSPS) is 10.4. The number of rotatable bonds is 5. The Balaban J connectivity index is 2.19. The predicted octanol–water partition coefficient (Wildman–Crippen LogP) is 1.10. The van der Waals surface area contributed by atoms with Gasteiger partial charge in [0.05, 0.1) is 12.3 Å². The Morgan fingerprint density at radius 1 is 1.35 bits per heavy atom. The second-order valence-corrected chi connectivity index (χ2v) is 4.69. The van der Waals surface area contributed by atoms with Crippen molar-refractivity contribution in [1.82, 2.24) is 14.1 Å². The van der Waals surface area contributed by atoms with Crippen molar-refractivity contribution < 1.29 is 19.2 Å². The number of esters is 1. The van der Waals surface area contributed by atoms with E-state index in [1.54, 1.807) is 14.0 Å². The maximum atomic E-state index is 12.1. The minimum Gasteiger partial charge on any atom is -0.461 e. The molecule has 23 heavy (non-hydrogen) atoms. The minimum absolute atomic E-state index is 0.113. The fourth-order valence-electron chi connectivity index (χ4n) is 1.98. The summed E-state index contributed by atoms with van der Waals surface area (Å²) in [5.74, 6) is -1.67. The molecule has 0 radical (unpaired) electrons. The molecule has 0 saturated carbocycles. The summed E-state index contributed by atoms with van der Waals surface area (Å²) < 4.78 is 7.66. The number of nitrogens with zero attached hydrogens (tertiary/aromatic N) is 4. The van der Waals surface area contributed by atoms with Gasteiger partial charge in [-0.1, -0.05) is 0 Å². The maximum absolute atomic E-state index is 12.1. The third-order valence-corrected chi connectivity index (χ3v) is 3.00. The Morgan fingerprint density at radius 2 is 2.04 bits per heavy atom. The van der Waals surface area contributed by atoms with Gasteiger partial charge in [0.2, 0.25) is 0 Å². The Kier molecular flexibility index (Phi) is 4.44. The lowest BCUT2D eigenvalue weighted by Crippen LogP contribution is -2.16. The number of amides is 1. The molecule has 2 aromatic heterocycles. The van der Waals surface area contributed by atoms with E-state index in [2.05, 4.69) is 10.3 Å². The molecular formula is C13H15N5O5. The van der Waals surface area contributed by atoms with Crippen LogP contribution in [0.4, 0.5) is 11.5 Å². The molecule has 2 rings (SSSR count). The third kappa shape index (κ3) is 3.36. The Hall–Kier alpha value is -3.17. The quantitative estimate of drug-likeness (QED) is 0.500. The second-order valence-electron chi connectivity index (χ2n) is 4.69. The molecule has 122 valence electrons. The van der Waals surface area contributed by atoms with Crippen LogP contribution in [0.3, 0.4) is 0 Å². The number of nitro groups is 1. The smallest absolute Gasteiger partial charge is 0.382 e. The molecule has 0 spiro atoms. The van der Waals surface area contributed by atoms with Gasteiger partial charge in [-0.2, -0.15) is 0 Å². The van der Waals surface area contributed by atoms with Gasteiger partial charge in [-0.3, -0.25) is 4.79 Å². The van der Waals surface area contributed by atoms with E-state index in [0.29, 0.717) is 5.69 Å². The Morgan fingerprint density at radius 3 is 2.61 bits per heavy atom. The summed E-state index contributed by atoms with van der Waals surface area (Å²) in [7, 11) is 3.11. The van der Waals surface area contributed by atoms with Crippen LogP contribution in [0, 0.1) is 10.1 Å². The summed E-state index contributed by atoms with van der Waals surface area (Å²) >= 11 is 0. The summed E-state index contributed by atoms with van der Waals surface area (Å²) in [6.45, 7) is 1.93. The van der Waals surface area contributed by atoms with E-state index in [9.17, 15) is 19.7 Å². The van der Waals surface area contributed by atoms with E-state index in [1.807, 2.05) is 0 Å². The van der Waals surface area contributed by atoms with E-state index in [-0.39, 0.29) is 18.1 Å². The van der Waals surface area contributed by atoms with Gasteiger partial charge in [0.25, 0.3) is 0 Å². The number of ether oxygens (including phenoxy) is 1. The van der Waals surface area contributed by atoms with Gasteiger partial charge < -0.3 is 29.3 Å². The van der Waals surface area contributed by atoms with E-state index >= 15 is 0 Å². The molecule has 0 atom stereocenters. The first kappa shape index (κ1) is 16.2. The highest BCUT2D eigenvalue weighted by Gasteiger charge is 2.24. The fraction of sp³-hybridized carbons (Fsp3) is 0.308. The number of hydrogen-bond donors (Lipinski definition) is 1. The van der Waals surface area contributed by atoms with Gasteiger partial charge in [-0.05, 0) is 22.9 Å². The number of nitrogens with one attached hydrogen (secondary N) is 1. The highest BCUT2D eigenvalue weighted by Crippen LogP contribution is 2.16. The average molecular weight is 321 g/mol. The van der Waals surface area contributed by atoms with E-state index in [0.717, 1.165) is 6.20 Å². The van der Waals surface area contributed by atoms with Crippen LogP contribution in [0.1, 0.15) is 28.0 Å². The standard InChI is InChI=1S/C13H15N5O5/c1-4-23-13(20)9-5-8(6-16(9)2)14-12(19)11-15-10(18(21)22)7-17(11)3/h5-7H,4H2,1-3H3,(H,14,19). The molecule has 10 nitrogen and oxygen atoms in total. The molecule has 0 saturated heterocycles. The zero-order valence-electron chi connectivity index (χ0n) is 12.8. The van der Waals surface area contributed by atoms with Crippen LogP contribution in [0.15, 0.2) is 18.5 Å². The number of imidazole rings is 1. The molecule has 10 heteroatoms. The van der Waals surface area contributed by atoms with Crippen molar-refractivity contribution in [3.63, 3.8) is 0 Å². The number of anilines is 1. The zero-order chi connectivity index (χ0) is 17.1. The number of carbonyl (C=O) groups excluding carboxylic acids is 2. The van der Waals surface area contributed by atoms with Gasteiger partial charge in [0, 0.05) is 20.3 Å². The summed E-state index contributed by atoms with van der Waals surface area (Å²) in [5.41, 5.74) is 0.624. The molecule has 0 aliphatic heterocycles. The highest BCUT2D eigenvalue weighted by atomic mass is 16.6. The van der Waals surface area contributed by atoms with Gasteiger partial charge in [-0.25, -0.2) is 4.79 Å². The summed E-state index contributed by atoms with van der Waals surface area (Å²) in [4.78, 5) is 37.5. The molecule has 0 unspecified atom stereocenters. The molecule has 0 aromatic carbocycles. The Bertz CT molecular complexity index is 776. The van der Waals surface area contributed by atoms with Crippen molar-refractivity contribution in [2.45, 2.75) is 6.92 Å². The van der Waals surface area contributed by atoms with E-state index in [4.69, 9.17) is 4.74 Å². The van der Waals surface area contributed by atoms with Crippen molar-refractivity contribution >= 4 is 23.4 Å². The van der Waals surface area contributed by atoms with E-state index < -0.39 is 22.6 Å². The van der Waals surface area contributed by atoms with Crippen molar-refractivity contribution in [2.75, 3.05) is 11.9 Å². The van der Waals surface area contributed by atoms with Crippen molar-refractivity contribution in [3.8, 4) is 0 Å². The van der Waals surface area contributed by atoms with Crippen molar-refractivity contribution in [3.05, 3.63) is 40.1 Å². The largest absolute Gasteiger partial charge is 0.461 e. The number of hydrogen-bond acceptors (Lipinski definition) is 6. The molecule has 0 aliphatic rings. The van der Waals surface area contributed by atoms with Crippen LogP contribution in [-0.4, -0.2) is 37.5 Å². The Labute approximate surface area is 130 Å². The van der Waals surface area contributed by atoms with Crippen LogP contribution >= 0.6 is 0 Å². The first-order valence-corrected chi connectivity index (χ1v) is 6.66. The zero-order valence-corrected chi connectivity index (χ0v) is 12.8. The van der Waals surface area contributed by atoms with Gasteiger partial charge in [0.15, 0.2) is 0 Å². The molecular weight excluding hydrogens is 306 g/mol. The molecule has 2 aromatic rings. The first-order valence-electron chi connectivity index (χ1n) is 6.66. The molecule has 2 heterocycles.